The zero-order chi connectivity index (χ0) is 19.3. The third-order valence-electron chi connectivity index (χ3n) is 3.95. The molecule has 0 atom stereocenters. The van der Waals surface area contributed by atoms with E-state index in [1.165, 1.54) is 16.4 Å². The van der Waals surface area contributed by atoms with Crippen molar-refractivity contribution in [1.29, 1.82) is 0 Å². The molecule has 0 fully saturated rings. The Bertz CT molecular complexity index is 859. The maximum absolute atomic E-state index is 13.0. The molecule has 2 aromatic rings. The Morgan fingerprint density at radius 3 is 2.31 bits per heavy atom. The van der Waals surface area contributed by atoms with E-state index in [9.17, 15) is 13.2 Å². The summed E-state index contributed by atoms with van der Waals surface area (Å²) in [6.07, 6.45) is 0. The lowest BCUT2D eigenvalue weighted by molar-refractivity contribution is 0.0949. The molecule has 5 nitrogen and oxygen atoms in total. The van der Waals surface area contributed by atoms with E-state index in [2.05, 4.69) is 5.32 Å². The number of hydrogen-bond acceptors (Lipinski definition) is 3. The molecule has 0 aliphatic heterocycles. The van der Waals surface area contributed by atoms with Crippen LogP contribution in [0, 0.1) is 12.8 Å². The van der Waals surface area contributed by atoms with Crippen LogP contribution in [0.2, 0.25) is 0 Å². The van der Waals surface area contributed by atoms with E-state index in [-0.39, 0.29) is 10.8 Å². The largest absolute Gasteiger partial charge is 0.352 e. The summed E-state index contributed by atoms with van der Waals surface area (Å²) in [5.41, 5.74) is 2.07. The van der Waals surface area contributed by atoms with Crippen molar-refractivity contribution in [2.75, 3.05) is 17.4 Å². The summed E-state index contributed by atoms with van der Waals surface area (Å²) >= 11 is 0. The molecule has 2 aromatic carbocycles. The van der Waals surface area contributed by atoms with Crippen LogP contribution in [0.3, 0.4) is 0 Å². The molecule has 6 heteroatoms. The minimum absolute atomic E-state index is 0.168. The first-order valence-corrected chi connectivity index (χ1v) is 10.2. The average molecular weight is 375 g/mol. The first kappa shape index (κ1) is 20.0. The number of sulfonamides is 1. The number of carbonyl (C=O) groups is 1. The zero-order valence-electron chi connectivity index (χ0n) is 15.7. The summed E-state index contributed by atoms with van der Waals surface area (Å²) in [4.78, 5) is 12.3. The van der Waals surface area contributed by atoms with Gasteiger partial charge in [-0.05, 0) is 61.7 Å². The van der Waals surface area contributed by atoms with Gasteiger partial charge in [0.15, 0.2) is 0 Å². The summed E-state index contributed by atoms with van der Waals surface area (Å²) in [7, 11) is -3.69. The zero-order valence-corrected chi connectivity index (χ0v) is 16.5. The Labute approximate surface area is 156 Å². The van der Waals surface area contributed by atoms with Crippen molar-refractivity contribution in [1.82, 2.24) is 5.32 Å². The van der Waals surface area contributed by atoms with Crippen LogP contribution in [0.25, 0.3) is 0 Å². The second-order valence-electron chi connectivity index (χ2n) is 6.64. The fourth-order valence-corrected chi connectivity index (χ4v) is 4.04. The van der Waals surface area contributed by atoms with E-state index < -0.39 is 10.0 Å². The van der Waals surface area contributed by atoms with Gasteiger partial charge in [0.2, 0.25) is 0 Å². The van der Waals surface area contributed by atoms with Crippen molar-refractivity contribution < 1.29 is 13.2 Å². The third-order valence-corrected chi connectivity index (χ3v) is 5.87. The molecular formula is C20H26N2O3S. The molecule has 0 heterocycles. The van der Waals surface area contributed by atoms with Crippen LogP contribution >= 0.6 is 0 Å². The van der Waals surface area contributed by atoms with Crippen LogP contribution in [-0.2, 0) is 10.0 Å². The first-order valence-electron chi connectivity index (χ1n) is 8.73. The van der Waals surface area contributed by atoms with Crippen molar-refractivity contribution in [3.8, 4) is 0 Å². The molecule has 0 bridgehead atoms. The molecule has 0 radical (unpaired) electrons. The summed E-state index contributed by atoms with van der Waals surface area (Å²) in [6.45, 7) is 8.65. The molecule has 0 saturated carbocycles. The third kappa shape index (κ3) is 4.64. The molecule has 1 amide bonds. The fourth-order valence-electron chi connectivity index (χ4n) is 2.58. The summed E-state index contributed by atoms with van der Waals surface area (Å²) in [5.74, 6) is 0.153. The quantitative estimate of drug-likeness (QED) is 0.805. The van der Waals surface area contributed by atoms with E-state index in [0.29, 0.717) is 30.3 Å². The highest BCUT2D eigenvalue weighted by Gasteiger charge is 2.23. The fraction of sp³-hybridized carbons (Fsp3) is 0.350. The molecule has 0 aromatic heterocycles. The number of nitrogens with one attached hydrogen (secondary N) is 1. The standard InChI is InChI=1S/C20H26N2O3S/c1-5-22(18-8-6-7-16(4)13-18)26(24,25)19-11-9-17(10-12-19)20(23)21-14-15(2)3/h6-13,15H,5,14H2,1-4H3,(H,21,23). The Kier molecular flexibility index (Phi) is 6.42. The molecule has 0 spiro atoms. The molecule has 0 saturated heterocycles. The van der Waals surface area contributed by atoms with Crippen molar-refractivity contribution >= 4 is 21.6 Å². The van der Waals surface area contributed by atoms with Gasteiger partial charge in [-0.25, -0.2) is 8.42 Å². The van der Waals surface area contributed by atoms with Gasteiger partial charge in [-0.2, -0.15) is 0 Å². The lowest BCUT2D eigenvalue weighted by atomic mass is 10.2. The van der Waals surface area contributed by atoms with Crippen molar-refractivity contribution in [2.24, 2.45) is 5.92 Å². The molecule has 2 rings (SSSR count). The molecular weight excluding hydrogens is 348 g/mol. The normalized spacial score (nSPS) is 11.4. The van der Waals surface area contributed by atoms with E-state index >= 15 is 0 Å². The summed E-state index contributed by atoms with van der Waals surface area (Å²) in [6, 6.07) is 13.4. The van der Waals surface area contributed by atoms with E-state index in [0.717, 1.165) is 5.56 Å². The highest BCUT2D eigenvalue weighted by atomic mass is 32.2. The topological polar surface area (TPSA) is 66.5 Å². The van der Waals surface area contributed by atoms with Crippen LogP contribution in [0.4, 0.5) is 5.69 Å². The van der Waals surface area contributed by atoms with Crippen LogP contribution < -0.4 is 9.62 Å². The Balaban J connectivity index is 2.27. The predicted octanol–water partition coefficient (Wildman–Crippen LogP) is 3.60. The molecule has 1 N–H and O–H groups in total. The Morgan fingerprint density at radius 1 is 1.12 bits per heavy atom. The number of carbonyl (C=O) groups excluding carboxylic acids is 1. The van der Waals surface area contributed by atoms with Gasteiger partial charge in [-0.1, -0.05) is 26.0 Å². The minimum Gasteiger partial charge on any atom is -0.352 e. The number of nitrogens with zero attached hydrogens (tertiary/aromatic N) is 1. The number of rotatable bonds is 7. The molecule has 140 valence electrons. The van der Waals surface area contributed by atoms with Crippen molar-refractivity contribution in [2.45, 2.75) is 32.6 Å². The van der Waals surface area contributed by atoms with E-state index in [1.54, 1.807) is 25.1 Å². The summed E-state index contributed by atoms with van der Waals surface area (Å²) in [5, 5.41) is 2.82. The van der Waals surface area contributed by atoms with Gasteiger partial charge in [0.05, 0.1) is 10.6 Å². The average Bonchev–Trinajstić information content (AvgIpc) is 2.60. The monoisotopic (exact) mass is 374 g/mol. The number of aryl methyl sites for hydroxylation is 1. The molecule has 0 unspecified atom stereocenters. The van der Waals surface area contributed by atoms with Crippen molar-refractivity contribution in [3.05, 3.63) is 59.7 Å². The molecule has 0 aliphatic rings. The lowest BCUT2D eigenvalue weighted by Crippen LogP contribution is -2.31. The number of anilines is 1. The molecule has 0 aliphatic carbocycles. The predicted molar refractivity (Wildman–Crippen MR) is 105 cm³/mol. The van der Waals surface area contributed by atoms with Crippen LogP contribution in [-0.4, -0.2) is 27.4 Å². The Hall–Kier alpha value is -2.34. The van der Waals surface area contributed by atoms with Crippen LogP contribution in [0.1, 0.15) is 36.7 Å². The van der Waals surface area contributed by atoms with Gasteiger partial charge < -0.3 is 5.32 Å². The first-order chi connectivity index (χ1) is 12.3. The van der Waals surface area contributed by atoms with E-state index in [4.69, 9.17) is 0 Å². The summed E-state index contributed by atoms with van der Waals surface area (Å²) < 4.78 is 27.4. The van der Waals surface area contributed by atoms with Gasteiger partial charge in [0.25, 0.3) is 15.9 Å². The number of amides is 1. The van der Waals surface area contributed by atoms with Crippen LogP contribution in [0.15, 0.2) is 53.4 Å². The highest BCUT2D eigenvalue weighted by molar-refractivity contribution is 7.92. The van der Waals surface area contributed by atoms with Gasteiger partial charge in [-0.3, -0.25) is 9.10 Å². The maximum atomic E-state index is 13.0. The van der Waals surface area contributed by atoms with Gasteiger partial charge in [0.1, 0.15) is 0 Å². The molecule has 26 heavy (non-hydrogen) atoms. The van der Waals surface area contributed by atoms with Crippen molar-refractivity contribution in [3.63, 3.8) is 0 Å². The number of hydrogen-bond donors (Lipinski definition) is 1. The highest BCUT2D eigenvalue weighted by Crippen LogP contribution is 2.24. The van der Waals surface area contributed by atoms with E-state index in [1.807, 2.05) is 39.0 Å². The SMILES string of the molecule is CCN(c1cccc(C)c1)S(=O)(=O)c1ccc(C(=O)NCC(C)C)cc1. The van der Waals surface area contributed by atoms with Gasteiger partial charge in [-0.15, -0.1) is 0 Å². The second-order valence-corrected chi connectivity index (χ2v) is 8.50. The maximum Gasteiger partial charge on any atom is 0.264 e. The smallest absolute Gasteiger partial charge is 0.264 e. The van der Waals surface area contributed by atoms with Crippen LogP contribution in [0.5, 0.6) is 0 Å². The van der Waals surface area contributed by atoms with Gasteiger partial charge >= 0.3 is 0 Å². The van der Waals surface area contributed by atoms with Gasteiger partial charge in [0, 0.05) is 18.7 Å². The number of benzene rings is 2. The Morgan fingerprint density at radius 2 is 1.77 bits per heavy atom. The minimum atomic E-state index is -3.69. The second kappa shape index (κ2) is 8.36. The lowest BCUT2D eigenvalue weighted by Gasteiger charge is -2.23.